The molecule has 2 amide bonds. The molecule has 1 saturated carbocycles. The summed E-state index contributed by atoms with van der Waals surface area (Å²) in [4.78, 5) is 38.2. The molecule has 3 N–H and O–H groups in total. The number of alkyl halides is 2. The fraction of sp³-hybridized carbons (Fsp3) is 0.409. The molecular weight excluding hydrogens is 427 g/mol. The number of Topliss-reactive ketones (excluding diaryl/α,β-unsaturated/α-hetero) is 1. The number of aryl methyl sites for hydroxylation is 1. The lowest BCUT2D eigenvalue weighted by Gasteiger charge is -2.46. The molecule has 0 spiro atoms. The zero-order valence-electron chi connectivity index (χ0n) is 18.1. The predicted octanol–water partition coefficient (Wildman–Crippen LogP) is 2.80. The number of hydrogen-bond donors (Lipinski definition) is 3. The second kappa shape index (κ2) is 8.09. The number of aliphatic hydroxyl groups excluding tert-OH is 1. The number of halogens is 3. The van der Waals surface area contributed by atoms with Gasteiger partial charge in [-0.1, -0.05) is 0 Å². The highest BCUT2D eigenvalue weighted by Gasteiger charge is 2.57. The Balaban J connectivity index is 1.85. The lowest BCUT2D eigenvalue weighted by Crippen LogP contribution is -2.65. The van der Waals surface area contributed by atoms with E-state index in [1.165, 1.54) is 36.7 Å². The molecule has 172 valence electrons. The fourth-order valence-corrected chi connectivity index (χ4v) is 4.13. The average Bonchev–Trinajstić information content (AvgIpc) is 2.91. The Hall–Kier alpha value is -3.14. The standard InChI is InChI=1S/C22H24F3N3O4/c1-11-7-14(5-6-15(11)23)26-19(31)16-12(2)17(28(4)13(16)3)18(30)20(32)27-21(10-29)8-22(24,25)9-21/h5-7,29H,8-10H2,1-4H3,(H,26,31)(H,27,32). The molecule has 0 bridgehead atoms. The summed E-state index contributed by atoms with van der Waals surface area (Å²) in [5.41, 5.74) is -0.114. The molecular formula is C22H24F3N3O4. The molecule has 0 unspecified atom stereocenters. The van der Waals surface area contributed by atoms with Crippen molar-refractivity contribution in [2.45, 2.75) is 45.1 Å². The van der Waals surface area contributed by atoms with Crippen LogP contribution in [0.3, 0.4) is 0 Å². The first-order valence-electron chi connectivity index (χ1n) is 9.90. The van der Waals surface area contributed by atoms with Crippen molar-refractivity contribution >= 4 is 23.3 Å². The molecule has 1 aliphatic rings. The van der Waals surface area contributed by atoms with Crippen molar-refractivity contribution in [3.8, 4) is 0 Å². The van der Waals surface area contributed by atoms with Gasteiger partial charge in [0.05, 0.1) is 23.4 Å². The molecule has 32 heavy (non-hydrogen) atoms. The van der Waals surface area contributed by atoms with Gasteiger partial charge in [0.1, 0.15) is 5.82 Å². The maximum Gasteiger partial charge on any atom is 0.294 e. The summed E-state index contributed by atoms with van der Waals surface area (Å²) < 4.78 is 41.4. The van der Waals surface area contributed by atoms with E-state index in [0.29, 0.717) is 16.9 Å². The molecule has 1 fully saturated rings. The first-order chi connectivity index (χ1) is 14.8. The Morgan fingerprint density at radius 2 is 1.78 bits per heavy atom. The van der Waals surface area contributed by atoms with Crippen LogP contribution in [0.5, 0.6) is 0 Å². The summed E-state index contributed by atoms with van der Waals surface area (Å²) in [6, 6.07) is 4.08. The average molecular weight is 451 g/mol. The van der Waals surface area contributed by atoms with E-state index in [1.807, 2.05) is 0 Å². The minimum atomic E-state index is -3.01. The van der Waals surface area contributed by atoms with Gasteiger partial charge in [-0.25, -0.2) is 13.2 Å². The minimum Gasteiger partial charge on any atom is -0.394 e. The van der Waals surface area contributed by atoms with Crippen molar-refractivity contribution in [1.82, 2.24) is 9.88 Å². The highest BCUT2D eigenvalue weighted by Crippen LogP contribution is 2.45. The predicted molar refractivity (Wildman–Crippen MR) is 110 cm³/mol. The van der Waals surface area contributed by atoms with Gasteiger partial charge in [-0.05, 0) is 50.1 Å². The summed E-state index contributed by atoms with van der Waals surface area (Å²) in [5.74, 6) is -6.13. The van der Waals surface area contributed by atoms with E-state index >= 15 is 0 Å². The smallest absolute Gasteiger partial charge is 0.294 e. The molecule has 3 rings (SSSR count). The number of rotatable bonds is 6. The van der Waals surface area contributed by atoms with E-state index in [1.54, 1.807) is 13.8 Å². The number of carbonyl (C=O) groups is 3. The third kappa shape index (κ3) is 4.14. The van der Waals surface area contributed by atoms with Gasteiger partial charge in [0, 0.05) is 31.3 Å². The lowest BCUT2D eigenvalue weighted by atomic mass is 9.74. The molecule has 1 aliphatic carbocycles. The van der Waals surface area contributed by atoms with Gasteiger partial charge in [-0.2, -0.15) is 0 Å². The van der Waals surface area contributed by atoms with E-state index in [0.717, 1.165) is 0 Å². The Labute approximate surface area is 182 Å². The number of amides is 2. The molecule has 1 aromatic carbocycles. The van der Waals surface area contributed by atoms with Crippen LogP contribution in [0, 0.1) is 26.6 Å². The molecule has 1 aromatic heterocycles. The molecule has 0 aliphatic heterocycles. The fourth-order valence-electron chi connectivity index (χ4n) is 4.13. The topological polar surface area (TPSA) is 100 Å². The Morgan fingerprint density at radius 1 is 1.16 bits per heavy atom. The van der Waals surface area contributed by atoms with E-state index in [4.69, 9.17) is 0 Å². The van der Waals surface area contributed by atoms with Crippen molar-refractivity contribution in [2.75, 3.05) is 11.9 Å². The van der Waals surface area contributed by atoms with Crippen LogP contribution in [0.4, 0.5) is 18.9 Å². The van der Waals surface area contributed by atoms with E-state index < -0.39 is 54.3 Å². The maximum atomic E-state index is 13.5. The number of carbonyl (C=O) groups excluding carboxylic acids is 3. The molecule has 0 atom stereocenters. The maximum absolute atomic E-state index is 13.5. The van der Waals surface area contributed by atoms with Gasteiger partial charge in [0.2, 0.25) is 0 Å². The van der Waals surface area contributed by atoms with E-state index in [9.17, 15) is 32.7 Å². The number of anilines is 1. The quantitative estimate of drug-likeness (QED) is 0.465. The number of benzene rings is 1. The van der Waals surface area contributed by atoms with E-state index in [-0.39, 0.29) is 16.8 Å². The van der Waals surface area contributed by atoms with Crippen LogP contribution in [0.1, 0.15) is 50.5 Å². The number of aromatic nitrogens is 1. The number of hydrogen-bond acceptors (Lipinski definition) is 4. The largest absolute Gasteiger partial charge is 0.394 e. The highest BCUT2D eigenvalue weighted by atomic mass is 19.3. The second-order valence-corrected chi connectivity index (χ2v) is 8.34. The van der Waals surface area contributed by atoms with Gasteiger partial charge < -0.3 is 20.3 Å². The summed E-state index contributed by atoms with van der Waals surface area (Å²) in [5, 5.41) is 14.3. The van der Waals surface area contributed by atoms with Crippen LogP contribution in [-0.2, 0) is 11.8 Å². The summed E-state index contributed by atoms with van der Waals surface area (Å²) in [7, 11) is 1.50. The van der Waals surface area contributed by atoms with Crippen molar-refractivity contribution in [2.24, 2.45) is 7.05 Å². The van der Waals surface area contributed by atoms with Crippen molar-refractivity contribution in [3.05, 3.63) is 52.1 Å². The molecule has 7 nitrogen and oxygen atoms in total. The first kappa shape index (κ1) is 23.5. The Bertz CT molecular complexity index is 1120. The molecule has 0 radical (unpaired) electrons. The van der Waals surface area contributed by atoms with Gasteiger partial charge in [-0.3, -0.25) is 14.4 Å². The SMILES string of the molecule is Cc1cc(NC(=O)c2c(C)c(C(=O)C(=O)NC3(CO)CC(F)(F)C3)n(C)c2C)ccc1F. The summed E-state index contributed by atoms with van der Waals surface area (Å²) >= 11 is 0. The second-order valence-electron chi connectivity index (χ2n) is 8.34. The van der Waals surface area contributed by atoms with Crippen LogP contribution in [0.2, 0.25) is 0 Å². The van der Waals surface area contributed by atoms with Crippen LogP contribution in [0.25, 0.3) is 0 Å². The summed E-state index contributed by atoms with van der Waals surface area (Å²) in [6.07, 6.45) is -1.52. The highest BCUT2D eigenvalue weighted by molar-refractivity contribution is 6.43. The Morgan fingerprint density at radius 3 is 2.31 bits per heavy atom. The first-order valence-corrected chi connectivity index (χ1v) is 9.90. The Kier molecular flexibility index (Phi) is 5.94. The van der Waals surface area contributed by atoms with Crippen molar-refractivity contribution in [1.29, 1.82) is 0 Å². The monoisotopic (exact) mass is 451 g/mol. The van der Waals surface area contributed by atoms with E-state index in [2.05, 4.69) is 10.6 Å². The van der Waals surface area contributed by atoms with Crippen LogP contribution in [0.15, 0.2) is 18.2 Å². The molecule has 0 saturated heterocycles. The number of nitrogens with zero attached hydrogens (tertiary/aromatic N) is 1. The third-order valence-electron chi connectivity index (χ3n) is 5.87. The number of nitrogens with one attached hydrogen (secondary N) is 2. The van der Waals surface area contributed by atoms with Crippen molar-refractivity contribution < 1.29 is 32.7 Å². The van der Waals surface area contributed by atoms with Gasteiger partial charge in [0.15, 0.2) is 0 Å². The zero-order valence-corrected chi connectivity index (χ0v) is 18.1. The minimum absolute atomic E-state index is 0.0698. The van der Waals surface area contributed by atoms with Crippen LogP contribution < -0.4 is 10.6 Å². The van der Waals surface area contributed by atoms with Crippen LogP contribution >= 0.6 is 0 Å². The zero-order chi connectivity index (χ0) is 24.0. The molecule has 10 heteroatoms. The number of ketones is 1. The summed E-state index contributed by atoms with van der Waals surface area (Å²) in [6.45, 7) is 3.92. The molecule has 1 heterocycles. The number of aliphatic hydroxyl groups is 1. The van der Waals surface area contributed by atoms with Crippen molar-refractivity contribution in [3.63, 3.8) is 0 Å². The lowest BCUT2D eigenvalue weighted by molar-refractivity contribution is -0.154. The third-order valence-corrected chi connectivity index (χ3v) is 5.87. The van der Waals surface area contributed by atoms with Gasteiger partial charge in [-0.15, -0.1) is 0 Å². The normalized spacial score (nSPS) is 16.2. The van der Waals surface area contributed by atoms with Crippen LogP contribution in [-0.4, -0.2) is 45.3 Å². The van der Waals surface area contributed by atoms with Gasteiger partial charge in [0.25, 0.3) is 23.5 Å². The molecule has 2 aromatic rings. The van der Waals surface area contributed by atoms with Gasteiger partial charge >= 0.3 is 0 Å².